The molecule has 2 unspecified atom stereocenters. The van der Waals surface area contributed by atoms with Crippen molar-refractivity contribution >= 4 is 23.3 Å². The first-order valence-corrected chi connectivity index (χ1v) is 7.48. The van der Waals surface area contributed by atoms with E-state index in [0.717, 1.165) is 5.82 Å². The van der Waals surface area contributed by atoms with Gasteiger partial charge in [-0.1, -0.05) is 13.3 Å². The zero-order chi connectivity index (χ0) is 13.0. The van der Waals surface area contributed by atoms with Crippen LogP contribution in [0.3, 0.4) is 0 Å². The number of nitrogen functional groups attached to an aromatic ring is 1. The maximum atomic E-state index is 5.76. The van der Waals surface area contributed by atoms with Crippen molar-refractivity contribution in [2.45, 2.75) is 37.5 Å². The van der Waals surface area contributed by atoms with Crippen LogP contribution in [0, 0.1) is 0 Å². The Labute approximate surface area is 113 Å². The molecule has 0 amide bonds. The van der Waals surface area contributed by atoms with Gasteiger partial charge in [0.1, 0.15) is 5.82 Å². The molecule has 0 aromatic carbocycles. The fourth-order valence-electron chi connectivity index (χ4n) is 2.39. The van der Waals surface area contributed by atoms with Gasteiger partial charge in [-0.05, 0) is 30.7 Å². The van der Waals surface area contributed by atoms with Crippen LogP contribution in [0.5, 0.6) is 5.88 Å². The molecule has 0 radical (unpaired) electrons. The minimum atomic E-state index is 0.498. The second kappa shape index (κ2) is 6.18. The predicted molar refractivity (Wildman–Crippen MR) is 78.4 cm³/mol. The van der Waals surface area contributed by atoms with Crippen LogP contribution in [0.25, 0.3) is 0 Å². The van der Waals surface area contributed by atoms with Crippen molar-refractivity contribution < 1.29 is 4.74 Å². The number of methoxy groups -OCH3 is 1. The number of nitrogens with two attached hydrogens (primary N) is 1. The van der Waals surface area contributed by atoms with Gasteiger partial charge in [0.2, 0.25) is 5.88 Å². The molecule has 0 bridgehead atoms. The molecule has 1 aromatic rings. The largest absolute Gasteiger partial charge is 0.479 e. The van der Waals surface area contributed by atoms with Crippen LogP contribution >= 0.6 is 11.8 Å². The third-order valence-electron chi connectivity index (χ3n) is 3.25. The van der Waals surface area contributed by atoms with Crippen LogP contribution < -0.4 is 15.8 Å². The van der Waals surface area contributed by atoms with E-state index in [1.54, 1.807) is 7.11 Å². The van der Waals surface area contributed by atoms with E-state index in [1.807, 2.05) is 23.9 Å². The molecule has 2 atom stereocenters. The van der Waals surface area contributed by atoms with Gasteiger partial charge in [0.15, 0.2) is 0 Å². The van der Waals surface area contributed by atoms with Crippen molar-refractivity contribution in [3.63, 3.8) is 0 Å². The van der Waals surface area contributed by atoms with Gasteiger partial charge in [0.25, 0.3) is 0 Å². The molecule has 1 fully saturated rings. The SMILES string of the molecule is CCSC1CCCC1Nc1ccc(N)c(OC)n1. The standard InChI is InChI=1S/C13H21N3OS/c1-3-18-11-6-4-5-10(11)15-12-8-7-9(14)13(16-12)17-2/h7-8,10-11H,3-6,14H2,1-2H3,(H,15,16). The van der Waals surface area contributed by atoms with Gasteiger partial charge >= 0.3 is 0 Å². The molecular formula is C13H21N3OS. The van der Waals surface area contributed by atoms with Gasteiger partial charge in [-0.3, -0.25) is 0 Å². The fraction of sp³-hybridized carbons (Fsp3) is 0.615. The van der Waals surface area contributed by atoms with Crippen molar-refractivity contribution in [3.8, 4) is 5.88 Å². The van der Waals surface area contributed by atoms with E-state index in [-0.39, 0.29) is 0 Å². The Morgan fingerprint density at radius 2 is 2.33 bits per heavy atom. The second-order valence-electron chi connectivity index (χ2n) is 4.47. The molecule has 100 valence electrons. The first kappa shape index (κ1) is 13.3. The monoisotopic (exact) mass is 267 g/mol. The van der Waals surface area contributed by atoms with Crippen molar-refractivity contribution in [1.29, 1.82) is 0 Å². The van der Waals surface area contributed by atoms with E-state index in [2.05, 4.69) is 17.2 Å². The summed E-state index contributed by atoms with van der Waals surface area (Å²) in [4.78, 5) is 4.38. The summed E-state index contributed by atoms with van der Waals surface area (Å²) < 4.78 is 5.14. The molecule has 1 aliphatic rings. The predicted octanol–water partition coefficient (Wildman–Crippen LogP) is 2.76. The van der Waals surface area contributed by atoms with E-state index in [1.165, 1.54) is 25.0 Å². The molecule has 3 N–H and O–H groups in total. The summed E-state index contributed by atoms with van der Waals surface area (Å²) in [6, 6.07) is 4.27. The second-order valence-corrected chi connectivity index (χ2v) is 5.99. The summed E-state index contributed by atoms with van der Waals surface area (Å²) in [6.45, 7) is 2.21. The number of hydrogen-bond donors (Lipinski definition) is 2. The Balaban J connectivity index is 2.04. The van der Waals surface area contributed by atoms with E-state index in [9.17, 15) is 0 Å². The molecular weight excluding hydrogens is 246 g/mol. The number of rotatable bonds is 5. The Bertz CT molecular complexity index is 400. The third kappa shape index (κ3) is 3.02. The summed E-state index contributed by atoms with van der Waals surface area (Å²) in [6.07, 6.45) is 3.80. The molecule has 5 heteroatoms. The van der Waals surface area contributed by atoms with E-state index in [4.69, 9.17) is 10.5 Å². The number of nitrogens with zero attached hydrogens (tertiary/aromatic N) is 1. The van der Waals surface area contributed by atoms with Crippen molar-refractivity contribution in [1.82, 2.24) is 4.98 Å². The average molecular weight is 267 g/mol. The van der Waals surface area contributed by atoms with Crippen molar-refractivity contribution in [3.05, 3.63) is 12.1 Å². The molecule has 1 aliphatic carbocycles. The highest BCUT2D eigenvalue weighted by Gasteiger charge is 2.27. The normalized spacial score (nSPS) is 23.0. The minimum absolute atomic E-state index is 0.498. The number of ether oxygens (including phenoxy) is 1. The third-order valence-corrected chi connectivity index (χ3v) is 4.58. The lowest BCUT2D eigenvalue weighted by Crippen LogP contribution is -2.26. The molecule has 0 spiro atoms. The minimum Gasteiger partial charge on any atom is -0.479 e. The van der Waals surface area contributed by atoms with Crippen LogP contribution in [0.1, 0.15) is 26.2 Å². The van der Waals surface area contributed by atoms with Crippen LogP contribution in [0.4, 0.5) is 11.5 Å². The summed E-state index contributed by atoms with van der Waals surface area (Å²) in [5.41, 5.74) is 6.34. The lowest BCUT2D eigenvalue weighted by molar-refractivity contribution is 0.400. The van der Waals surface area contributed by atoms with Crippen LogP contribution in [0.2, 0.25) is 0 Å². The summed E-state index contributed by atoms with van der Waals surface area (Å²) in [7, 11) is 1.59. The highest BCUT2D eigenvalue weighted by molar-refractivity contribution is 7.99. The molecule has 18 heavy (non-hydrogen) atoms. The van der Waals surface area contributed by atoms with Crippen molar-refractivity contribution in [2.24, 2.45) is 0 Å². The topological polar surface area (TPSA) is 60.2 Å². The number of thioether (sulfide) groups is 1. The molecule has 1 aromatic heterocycles. The number of anilines is 2. The smallest absolute Gasteiger partial charge is 0.238 e. The Hall–Kier alpha value is -1.10. The number of nitrogens with one attached hydrogen (secondary N) is 1. The number of aromatic nitrogens is 1. The lowest BCUT2D eigenvalue weighted by Gasteiger charge is -2.21. The maximum absolute atomic E-state index is 5.76. The van der Waals surface area contributed by atoms with Crippen LogP contribution in [0.15, 0.2) is 12.1 Å². The molecule has 1 heterocycles. The van der Waals surface area contributed by atoms with Crippen molar-refractivity contribution in [2.75, 3.05) is 23.9 Å². The fourth-order valence-corrected chi connectivity index (χ4v) is 3.59. The average Bonchev–Trinajstić information content (AvgIpc) is 2.80. The molecule has 0 aliphatic heterocycles. The van der Waals surface area contributed by atoms with Gasteiger partial charge in [0.05, 0.1) is 12.8 Å². The van der Waals surface area contributed by atoms with Crippen LogP contribution in [-0.2, 0) is 0 Å². The lowest BCUT2D eigenvalue weighted by atomic mass is 10.2. The van der Waals surface area contributed by atoms with E-state index < -0.39 is 0 Å². The van der Waals surface area contributed by atoms with Gasteiger partial charge in [-0.2, -0.15) is 16.7 Å². The Morgan fingerprint density at radius 1 is 1.50 bits per heavy atom. The van der Waals surface area contributed by atoms with E-state index in [0.29, 0.717) is 22.9 Å². The number of hydrogen-bond acceptors (Lipinski definition) is 5. The molecule has 4 nitrogen and oxygen atoms in total. The number of pyridine rings is 1. The highest BCUT2D eigenvalue weighted by Crippen LogP contribution is 2.32. The zero-order valence-electron chi connectivity index (χ0n) is 11.0. The highest BCUT2D eigenvalue weighted by atomic mass is 32.2. The molecule has 2 rings (SSSR count). The summed E-state index contributed by atoms with van der Waals surface area (Å²) in [5.74, 6) is 2.52. The maximum Gasteiger partial charge on any atom is 0.238 e. The first-order chi connectivity index (χ1) is 8.74. The first-order valence-electron chi connectivity index (χ1n) is 6.43. The Morgan fingerprint density at radius 3 is 3.06 bits per heavy atom. The molecule has 0 saturated heterocycles. The van der Waals surface area contributed by atoms with Gasteiger partial charge < -0.3 is 15.8 Å². The molecule has 1 saturated carbocycles. The summed E-state index contributed by atoms with van der Waals surface area (Å²) >= 11 is 2.03. The summed E-state index contributed by atoms with van der Waals surface area (Å²) in [5, 5.41) is 4.20. The van der Waals surface area contributed by atoms with E-state index >= 15 is 0 Å². The van der Waals surface area contributed by atoms with Gasteiger partial charge in [0, 0.05) is 11.3 Å². The van der Waals surface area contributed by atoms with Gasteiger partial charge in [-0.25, -0.2) is 0 Å². The van der Waals surface area contributed by atoms with Gasteiger partial charge in [-0.15, -0.1) is 0 Å². The zero-order valence-corrected chi connectivity index (χ0v) is 11.8. The Kier molecular flexibility index (Phi) is 4.58. The van der Waals surface area contributed by atoms with Crippen LogP contribution in [-0.4, -0.2) is 29.1 Å². The quantitative estimate of drug-likeness (QED) is 0.859.